The van der Waals surface area contributed by atoms with Gasteiger partial charge in [-0.05, 0) is 31.2 Å². The molecule has 9 heteroatoms. The van der Waals surface area contributed by atoms with E-state index in [4.69, 9.17) is 38.9 Å². The minimum atomic E-state index is -0.365. The summed E-state index contributed by atoms with van der Waals surface area (Å²) >= 11 is 10.4. The maximum atomic E-state index is 11.4. The van der Waals surface area contributed by atoms with Crippen molar-refractivity contribution in [1.82, 2.24) is 9.97 Å². The van der Waals surface area contributed by atoms with Crippen LogP contribution in [0.5, 0.6) is 0 Å². The Labute approximate surface area is 178 Å². The maximum absolute atomic E-state index is 11.4. The van der Waals surface area contributed by atoms with E-state index < -0.39 is 0 Å². The van der Waals surface area contributed by atoms with E-state index in [1.807, 2.05) is 6.07 Å². The first-order chi connectivity index (χ1) is 14.0. The Balaban J connectivity index is 0.000000247. The summed E-state index contributed by atoms with van der Waals surface area (Å²) in [4.78, 5) is 29.3. The molecule has 2 aromatic carbocycles. The second-order valence-electron chi connectivity index (χ2n) is 5.26. The number of nitrogens with two attached hydrogens (primary N) is 1. The molecular weight excluding hydrogens is 415 g/mol. The highest BCUT2D eigenvalue weighted by Crippen LogP contribution is 2.11. The van der Waals surface area contributed by atoms with Crippen LogP contribution in [0, 0.1) is 11.3 Å². The molecule has 0 aliphatic carbocycles. The summed E-state index contributed by atoms with van der Waals surface area (Å²) in [5, 5.41) is 8.09. The molecule has 0 saturated heterocycles. The molecule has 0 atom stereocenters. The van der Waals surface area contributed by atoms with Gasteiger partial charge in [-0.15, -0.1) is 23.2 Å². The van der Waals surface area contributed by atoms with Crippen LogP contribution < -0.4 is 11.3 Å². The lowest BCUT2D eigenvalue weighted by Crippen LogP contribution is -2.10. The molecule has 0 amide bonds. The molecule has 7 nitrogen and oxygen atoms in total. The molecular formula is C20H20Cl2N4O3. The number of aromatic amines is 1. The van der Waals surface area contributed by atoms with Crippen LogP contribution in [-0.4, -0.2) is 28.4 Å². The van der Waals surface area contributed by atoms with Gasteiger partial charge in [0.2, 0.25) is 0 Å². The maximum Gasteiger partial charge on any atom is 0.340 e. The molecule has 3 aromatic rings. The van der Waals surface area contributed by atoms with Gasteiger partial charge in [0.15, 0.2) is 0 Å². The number of hydrogen-bond donors (Lipinski definition) is 2. The van der Waals surface area contributed by atoms with Gasteiger partial charge in [-0.3, -0.25) is 4.79 Å². The van der Waals surface area contributed by atoms with Gasteiger partial charge in [0.05, 0.1) is 35.0 Å². The van der Waals surface area contributed by atoms with Crippen LogP contribution in [0.4, 0.5) is 5.69 Å². The summed E-state index contributed by atoms with van der Waals surface area (Å²) < 4.78 is 4.79. The monoisotopic (exact) mass is 434 g/mol. The number of nitrogens with one attached hydrogen (secondary N) is 1. The Bertz CT molecular complexity index is 1030. The van der Waals surface area contributed by atoms with E-state index in [9.17, 15) is 9.59 Å². The Hall–Kier alpha value is -3.08. The number of anilines is 1. The van der Waals surface area contributed by atoms with Gasteiger partial charge in [-0.1, -0.05) is 24.3 Å². The van der Waals surface area contributed by atoms with Crippen molar-refractivity contribution in [2.45, 2.75) is 12.8 Å². The highest BCUT2D eigenvalue weighted by molar-refractivity contribution is 6.19. The van der Waals surface area contributed by atoms with Crippen molar-refractivity contribution in [1.29, 1.82) is 5.26 Å². The van der Waals surface area contributed by atoms with Gasteiger partial charge >= 0.3 is 5.97 Å². The summed E-state index contributed by atoms with van der Waals surface area (Å²) in [5.74, 6) is 0.459. The van der Waals surface area contributed by atoms with E-state index in [2.05, 4.69) is 9.97 Å². The van der Waals surface area contributed by atoms with Crippen molar-refractivity contribution >= 4 is 45.8 Å². The number of alkyl halides is 2. The molecule has 152 valence electrons. The molecule has 0 saturated carbocycles. The SMILES string of the molecule is CCOC(=O)c1ccccc1N.N#CCCl.O=c1[nH]c(CCl)nc2ccccc12. The number of nitriles is 1. The zero-order valence-corrected chi connectivity index (χ0v) is 17.2. The molecule has 1 aromatic heterocycles. The highest BCUT2D eigenvalue weighted by Gasteiger charge is 2.08. The van der Waals surface area contributed by atoms with Crippen LogP contribution in [-0.2, 0) is 10.6 Å². The van der Waals surface area contributed by atoms with Crippen molar-refractivity contribution < 1.29 is 9.53 Å². The van der Waals surface area contributed by atoms with E-state index in [-0.39, 0.29) is 23.3 Å². The number of ether oxygens (including phenoxy) is 1. The first kappa shape index (κ1) is 24.0. The molecule has 1 heterocycles. The normalized spacial score (nSPS) is 9.31. The fourth-order valence-corrected chi connectivity index (χ4v) is 2.22. The zero-order chi connectivity index (χ0) is 21.6. The third-order valence-electron chi connectivity index (χ3n) is 3.30. The predicted molar refractivity (Wildman–Crippen MR) is 115 cm³/mol. The number of carbonyl (C=O) groups excluding carboxylic acids is 1. The summed E-state index contributed by atoms with van der Waals surface area (Å²) in [6.07, 6.45) is 0. The molecule has 0 bridgehead atoms. The molecule has 0 fully saturated rings. The fraction of sp³-hybridized carbons (Fsp3) is 0.200. The summed E-state index contributed by atoms with van der Waals surface area (Å²) in [7, 11) is 0. The minimum Gasteiger partial charge on any atom is -0.462 e. The first-order valence-corrected chi connectivity index (χ1v) is 9.53. The third kappa shape index (κ3) is 7.82. The van der Waals surface area contributed by atoms with Crippen LogP contribution >= 0.6 is 23.2 Å². The molecule has 3 N–H and O–H groups in total. The van der Waals surface area contributed by atoms with Gasteiger partial charge in [0, 0.05) is 5.69 Å². The number of nitrogen functional groups attached to an aromatic ring is 1. The number of nitrogens with zero attached hydrogens (tertiary/aromatic N) is 2. The van der Waals surface area contributed by atoms with Crippen LogP contribution in [0.25, 0.3) is 10.9 Å². The summed E-state index contributed by atoms with van der Waals surface area (Å²) in [6.45, 7) is 2.13. The first-order valence-electron chi connectivity index (χ1n) is 8.46. The predicted octanol–water partition coefficient (Wildman–Crippen LogP) is 3.86. The lowest BCUT2D eigenvalue weighted by molar-refractivity contribution is 0.0527. The average Bonchev–Trinajstić information content (AvgIpc) is 2.75. The Morgan fingerprint density at radius 2 is 1.83 bits per heavy atom. The number of rotatable bonds is 3. The lowest BCUT2D eigenvalue weighted by atomic mass is 10.2. The number of aromatic nitrogens is 2. The van der Waals surface area contributed by atoms with Crippen molar-refractivity contribution in [3.63, 3.8) is 0 Å². The van der Waals surface area contributed by atoms with Crippen LogP contribution in [0.3, 0.4) is 0 Å². The van der Waals surface area contributed by atoms with Crippen molar-refractivity contribution in [2.24, 2.45) is 0 Å². The third-order valence-corrected chi connectivity index (χ3v) is 3.68. The quantitative estimate of drug-likeness (QED) is 0.366. The van der Waals surface area contributed by atoms with Gasteiger partial charge < -0.3 is 15.5 Å². The molecule has 0 aliphatic rings. The summed E-state index contributed by atoms with van der Waals surface area (Å²) in [6, 6.07) is 15.7. The zero-order valence-electron chi connectivity index (χ0n) is 15.7. The molecule has 0 unspecified atom stereocenters. The minimum absolute atomic E-state index is 0.0972. The molecule has 29 heavy (non-hydrogen) atoms. The average molecular weight is 435 g/mol. The molecule has 0 radical (unpaired) electrons. The van der Waals surface area contributed by atoms with Crippen molar-refractivity contribution in [3.05, 3.63) is 70.3 Å². The Morgan fingerprint density at radius 1 is 1.21 bits per heavy atom. The number of carbonyl (C=O) groups is 1. The smallest absolute Gasteiger partial charge is 0.340 e. The number of H-pyrrole nitrogens is 1. The number of fused-ring (bicyclic) bond motifs is 1. The fourth-order valence-electron chi connectivity index (χ4n) is 2.09. The summed E-state index contributed by atoms with van der Waals surface area (Å²) in [5.41, 5.74) is 6.98. The van der Waals surface area contributed by atoms with E-state index >= 15 is 0 Å². The molecule has 3 rings (SSSR count). The Morgan fingerprint density at radius 3 is 2.41 bits per heavy atom. The lowest BCUT2D eigenvalue weighted by Gasteiger charge is -2.03. The number of halogens is 2. The van der Waals surface area contributed by atoms with E-state index in [0.717, 1.165) is 0 Å². The second-order valence-corrected chi connectivity index (χ2v) is 5.80. The van der Waals surface area contributed by atoms with Gasteiger partial charge in [0.25, 0.3) is 5.56 Å². The van der Waals surface area contributed by atoms with Gasteiger partial charge in [-0.2, -0.15) is 5.26 Å². The standard InChI is InChI=1S/C9H7ClN2O.C9H11NO2.C2H2ClN/c10-5-8-11-7-4-2-1-3-6(7)9(13)12-8;1-2-12-9(11)7-5-3-4-6-8(7)10;3-1-2-4/h1-4H,5H2,(H,11,12,13);3-6H,2,10H2,1H3;1H2. The second kappa shape index (κ2) is 13.2. The van der Waals surface area contributed by atoms with Crippen LogP contribution in [0.1, 0.15) is 23.1 Å². The number of benzene rings is 2. The Kier molecular flexibility index (Phi) is 10.9. The highest BCUT2D eigenvalue weighted by atomic mass is 35.5. The number of hydrogen-bond acceptors (Lipinski definition) is 6. The van der Waals surface area contributed by atoms with Crippen molar-refractivity contribution in [3.8, 4) is 6.07 Å². The van der Waals surface area contributed by atoms with E-state index in [1.54, 1.807) is 55.5 Å². The molecule has 0 aliphatic heterocycles. The van der Waals surface area contributed by atoms with Gasteiger partial charge in [-0.25, -0.2) is 9.78 Å². The number of esters is 1. The van der Waals surface area contributed by atoms with Crippen LogP contribution in [0.2, 0.25) is 0 Å². The van der Waals surface area contributed by atoms with Gasteiger partial charge in [0.1, 0.15) is 11.7 Å². The van der Waals surface area contributed by atoms with E-state index in [0.29, 0.717) is 34.6 Å². The van der Waals surface area contributed by atoms with E-state index in [1.165, 1.54) is 0 Å². The largest absolute Gasteiger partial charge is 0.462 e. The van der Waals surface area contributed by atoms with Crippen molar-refractivity contribution in [2.75, 3.05) is 18.2 Å². The topological polar surface area (TPSA) is 122 Å². The molecule has 0 spiro atoms. The van der Waals surface area contributed by atoms with Crippen LogP contribution in [0.15, 0.2) is 53.3 Å². The number of para-hydroxylation sites is 2.